The molecule has 96 valence electrons. The van der Waals surface area contributed by atoms with Crippen LogP contribution in [0.4, 0.5) is 0 Å². The van der Waals surface area contributed by atoms with Gasteiger partial charge < -0.3 is 9.73 Å². The van der Waals surface area contributed by atoms with E-state index in [0.717, 1.165) is 31.4 Å². The van der Waals surface area contributed by atoms with Crippen molar-refractivity contribution in [2.24, 2.45) is 0 Å². The zero-order valence-electron chi connectivity index (χ0n) is 11.0. The van der Waals surface area contributed by atoms with Crippen molar-refractivity contribution in [1.82, 2.24) is 10.2 Å². The fourth-order valence-corrected chi connectivity index (χ4v) is 2.62. The van der Waals surface area contributed by atoms with Gasteiger partial charge in [-0.05, 0) is 32.5 Å². The summed E-state index contributed by atoms with van der Waals surface area (Å²) >= 11 is 0. The Kier molecular flexibility index (Phi) is 4.63. The molecule has 0 amide bonds. The van der Waals surface area contributed by atoms with Gasteiger partial charge in [0.2, 0.25) is 0 Å². The van der Waals surface area contributed by atoms with E-state index in [4.69, 9.17) is 4.42 Å². The van der Waals surface area contributed by atoms with E-state index >= 15 is 0 Å². The molecule has 1 heterocycles. The smallest absolute Gasteiger partial charge is 0.122 e. The highest BCUT2D eigenvalue weighted by Crippen LogP contribution is 2.24. The summed E-state index contributed by atoms with van der Waals surface area (Å²) in [6.45, 7) is 4.99. The van der Waals surface area contributed by atoms with E-state index in [1.165, 1.54) is 31.2 Å². The van der Waals surface area contributed by atoms with Crippen molar-refractivity contribution < 1.29 is 4.42 Å². The number of nitrogens with zero attached hydrogens (tertiary/aromatic N) is 1. The minimum Gasteiger partial charge on any atom is -0.468 e. The van der Waals surface area contributed by atoms with Crippen molar-refractivity contribution in [1.29, 1.82) is 0 Å². The maximum Gasteiger partial charge on any atom is 0.122 e. The Morgan fingerprint density at radius 1 is 1.41 bits per heavy atom. The molecule has 0 bridgehead atoms. The van der Waals surface area contributed by atoms with Gasteiger partial charge in [0.15, 0.2) is 0 Å². The normalized spacial score (nSPS) is 17.1. The quantitative estimate of drug-likeness (QED) is 0.823. The predicted molar refractivity (Wildman–Crippen MR) is 69.8 cm³/mol. The Balaban J connectivity index is 1.90. The summed E-state index contributed by atoms with van der Waals surface area (Å²) in [5, 5.41) is 3.36. The molecule has 0 saturated heterocycles. The molecule has 3 heteroatoms. The standard InChI is InChI=1S/C14H24N2O/c1-3-15-10-12-8-9-17-14(12)11-16(2)13-6-4-5-7-13/h8-9,13,15H,3-7,10-11H2,1-2H3. The SMILES string of the molecule is CCNCc1ccoc1CN(C)C1CCCC1. The van der Waals surface area contributed by atoms with E-state index in [0.29, 0.717) is 0 Å². The fraction of sp³-hybridized carbons (Fsp3) is 0.714. The van der Waals surface area contributed by atoms with Crippen LogP contribution < -0.4 is 5.32 Å². The lowest BCUT2D eigenvalue weighted by molar-refractivity contribution is 0.218. The highest BCUT2D eigenvalue weighted by molar-refractivity contribution is 5.16. The second-order valence-electron chi connectivity index (χ2n) is 5.00. The highest BCUT2D eigenvalue weighted by atomic mass is 16.3. The molecule has 0 aromatic carbocycles. The highest BCUT2D eigenvalue weighted by Gasteiger charge is 2.21. The molecular formula is C14H24N2O. The number of nitrogens with one attached hydrogen (secondary N) is 1. The first kappa shape index (κ1) is 12.7. The first-order chi connectivity index (χ1) is 8.31. The van der Waals surface area contributed by atoms with Gasteiger partial charge in [0.05, 0.1) is 12.8 Å². The average molecular weight is 236 g/mol. The summed E-state index contributed by atoms with van der Waals surface area (Å²) in [6.07, 6.45) is 7.28. The topological polar surface area (TPSA) is 28.4 Å². The third-order valence-corrected chi connectivity index (χ3v) is 3.74. The van der Waals surface area contributed by atoms with Gasteiger partial charge in [-0.15, -0.1) is 0 Å². The van der Waals surface area contributed by atoms with Crippen molar-refractivity contribution in [3.63, 3.8) is 0 Å². The lowest BCUT2D eigenvalue weighted by atomic mass is 10.2. The van der Waals surface area contributed by atoms with E-state index in [9.17, 15) is 0 Å². The van der Waals surface area contributed by atoms with Gasteiger partial charge in [-0.2, -0.15) is 0 Å². The summed E-state index contributed by atoms with van der Waals surface area (Å²) in [6, 6.07) is 2.84. The summed E-state index contributed by atoms with van der Waals surface area (Å²) < 4.78 is 5.61. The van der Waals surface area contributed by atoms with Gasteiger partial charge in [-0.25, -0.2) is 0 Å². The van der Waals surface area contributed by atoms with Gasteiger partial charge >= 0.3 is 0 Å². The zero-order valence-corrected chi connectivity index (χ0v) is 11.0. The van der Waals surface area contributed by atoms with Crippen LogP contribution in [0.2, 0.25) is 0 Å². The van der Waals surface area contributed by atoms with Crippen molar-refractivity contribution in [3.8, 4) is 0 Å². The first-order valence-electron chi connectivity index (χ1n) is 6.77. The Hall–Kier alpha value is -0.800. The van der Waals surface area contributed by atoms with Crippen molar-refractivity contribution in [3.05, 3.63) is 23.7 Å². The maximum absolute atomic E-state index is 5.61. The molecule has 3 nitrogen and oxygen atoms in total. The van der Waals surface area contributed by atoms with E-state index < -0.39 is 0 Å². The van der Waals surface area contributed by atoms with E-state index in [-0.39, 0.29) is 0 Å². The molecule has 1 aliphatic carbocycles. The average Bonchev–Trinajstić information content (AvgIpc) is 2.97. The largest absolute Gasteiger partial charge is 0.468 e. The van der Waals surface area contributed by atoms with Crippen molar-refractivity contribution in [2.75, 3.05) is 13.6 Å². The van der Waals surface area contributed by atoms with Gasteiger partial charge in [-0.3, -0.25) is 4.90 Å². The summed E-state index contributed by atoms with van der Waals surface area (Å²) in [5.41, 5.74) is 1.30. The summed E-state index contributed by atoms with van der Waals surface area (Å²) in [4.78, 5) is 2.45. The minimum atomic E-state index is 0.757. The molecule has 1 N–H and O–H groups in total. The van der Waals surface area contributed by atoms with Crippen LogP contribution in [0.3, 0.4) is 0 Å². The van der Waals surface area contributed by atoms with Crippen LogP contribution in [0, 0.1) is 0 Å². The van der Waals surface area contributed by atoms with Crippen molar-refractivity contribution in [2.45, 2.75) is 51.7 Å². The van der Waals surface area contributed by atoms with Crippen LogP contribution in [0.5, 0.6) is 0 Å². The van der Waals surface area contributed by atoms with E-state index in [1.807, 2.05) is 6.26 Å². The van der Waals surface area contributed by atoms with Crippen molar-refractivity contribution >= 4 is 0 Å². The third kappa shape index (κ3) is 3.33. The molecular weight excluding hydrogens is 212 g/mol. The Labute approximate surface area is 104 Å². The third-order valence-electron chi connectivity index (χ3n) is 3.74. The molecule has 0 radical (unpaired) electrons. The second kappa shape index (κ2) is 6.22. The maximum atomic E-state index is 5.61. The van der Waals surface area contributed by atoms with Crippen LogP contribution >= 0.6 is 0 Å². The zero-order chi connectivity index (χ0) is 12.1. The molecule has 1 aromatic heterocycles. The number of furan rings is 1. The van der Waals surface area contributed by atoms with Crippen LogP contribution in [0.25, 0.3) is 0 Å². The number of rotatable bonds is 6. The van der Waals surface area contributed by atoms with Gasteiger partial charge in [0, 0.05) is 18.2 Å². The number of hydrogen-bond donors (Lipinski definition) is 1. The van der Waals surface area contributed by atoms with Crippen LogP contribution in [-0.2, 0) is 13.1 Å². The molecule has 1 aliphatic rings. The van der Waals surface area contributed by atoms with E-state index in [1.54, 1.807) is 0 Å². The molecule has 1 saturated carbocycles. The van der Waals surface area contributed by atoms with Gasteiger partial charge in [0.1, 0.15) is 5.76 Å². The molecule has 0 aliphatic heterocycles. The van der Waals surface area contributed by atoms with Gasteiger partial charge in [-0.1, -0.05) is 19.8 Å². The van der Waals surface area contributed by atoms with Crippen LogP contribution in [0.15, 0.2) is 16.7 Å². The first-order valence-corrected chi connectivity index (χ1v) is 6.77. The molecule has 0 spiro atoms. The predicted octanol–water partition coefficient (Wildman–Crippen LogP) is 2.76. The molecule has 17 heavy (non-hydrogen) atoms. The second-order valence-corrected chi connectivity index (χ2v) is 5.00. The molecule has 0 atom stereocenters. The summed E-state index contributed by atoms with van der Waals surface area (Å²) in [5.74, 6) is 1.13. The molecule has 2 rings (SSSR count). The molecule has 0 unspecified atom stereocenters. The monoisotopic (exact) mass is 236 g/mol. The fourth-order valence-electron chi connectivity index (χ4n) is 2.62. The van der Waals surface area contributed by atoms with Gasteiger partial charge in [0.25, 0.3) is 0 Å². The Bertz CT molecular complexity index is 329. The van der Waals surface area contributed by atoms with E-state index in [2.05, 4.69) is 30.3 Å². The lowest BCUT2D eigenvalue weighted by Gasteiger charge is -2.23. The lowest BCUT2D eigenvalue weighted by Crippen LogP contribution is -2.29. The Morgan fingerprint density at radius 3 is 2.88 bits per heavy atom. The Morgan fingerprint density at radius 2 is 2.18 bits per heavy atom. The minimum absolute atomic E-state index is 0.757. The van der Waals surface area contributed by atoms with Crippen LogP contribution in [-0.4, -0.2) is 24.5 Å². The summed E-state index contributed by atoms with van der Waals surface area (Å²) in [7, 11) is 2.22. The number of hydrogen-bond acceptors (Lipinski definition) is 3. The molecule has 1 aromatic rings. The van der Waals surface area contributed by atoms with Crippen LogP contribution in [0.1, 0.15) is 43.9 Å². The molecule has 1 fully saturated rings.